The summed E-state index contributed by atoms with van der Waals surface area (Å²) in [6.45, 7) is 2.55. The van der Waals surface area contributed by atoms with E-state index in [1.165, 1.54) is 0 Å². The smallest absolute Gasteiger partial charge is 0.317 e. The molecule has 14 heavy (non-hydrogen) atoms. The summed E-state index contributed by atoms with van der Waals surface area (Å²) in [6, 6.07) is 0.200. The second-order valence-corrected chi connectivity index (χ2v) is 3.72. The van der Waals surface area contributed by atoms with Crippen LogP contribution in [0, 0.1) is 0 Å². The maximum atomic E-state index is 11.5. The van der Waals surface area contributed by atoms with E-state index in [9.17, 15) is 9.59 Å². The van der Waals surface area contributed by atoms with Gasteiger partial charge in [-0.3, -0.25) is 4.79 Å². The first-order chi connectivity index (χ1) is 6.65. The van der Waals surface area contributed by atoms with Gasteiger partial charge < -0.3 is 10.2 Å². The van der Waals surface area contributed by atoms with Crippen molar-refractivity contribution in [2.24, 2.45) is 0 Å². The first kappa shape index (κ1) is 11.0. The van der Waals surface area contributed by atoms with Crippen molar-refractivity contribution in [1.29, 1.82) is 0 Å². The van der Waals surface area contributed by atoms with Gasteiger partial charge in [-0.25, -0.2) is 4.79 Å². The zero-order chi connectivity index (χ0) is 10.6. The monoisotopic (exact) mass is 198 g/mol. The number of carbonyl (C=O) groups is 2. The van der Waals surface area contributed by atoms with Crippen LogP contribution in [0.2, 0.25) is 0 Å². The van der Waals surface area contributed by atoms with Gasteiger partial charge in [0.25, 0.3) is 0 Å². The predicted octanol–water partition coefficient (Wildman–Crippen LogP) is 1.16. The van der Waals surface area contributed by atoms with Crippen LogP contribution in [0.4, 0.5) is 4.79 Å². The average molecular weight is 198 g/mol. The number of hydrogen-bond acceptors (Lipinski definition) is 2. The number of hydrogen-bond donors (Lipinski definition) is 1. The fourth-order valence-electron chi connectivity index (χ4n) is 1.75. The van der Waals surface area contributed by atoms with Crippen LogP contribution in [0.1, 0.15) is 32.6 Å². The fraction of sp³-hybridized carbons (Fsp3) is 0.800. The van der Waals surface area contributed by atoms with Crippen LogP contribution in [-0.4, -0.2) is 36.3 Å². The van der Waals surface area contributed by atoms with Gasteiger partial charge in [0, 0.05) is 32.5 Å². The zero-order valence-corrected chi connectivity index (χ0v) is 8.88. The Morgan fingerprint density at radius 2 is 2.07 bits per heavy atom. The van der Waals surface area contributed by atoms with Gasteiger partial charge in [-0.15, -0.1) is 0 Å². The van der Waals surface area contributed by atoms with E-state index in [-0.39, 0.29) is 12.1 Å². The van der Waals surface area contributed by atoms with Crippen LogP contribution in [0.15, 0.2) is 0 Å². The van der Waals surface area contributed by atoms with Crippen molar-refractivity contribution in [3.8, 4) is 0 Å². The SMILES string of the molecule is CCNC(=O)N(C)C1CCC(=O)CC1. The Labute approximate surface area is 84.7 Å². The van der Waals surface area contributed by atoms with Gasteiger partial charge in [-0.1, -0.05) is 0 Å². The average Bonchev–Trinajstić information content (AvgIpc) is 2.18. The van der Waals surface area contributed by atoms with Crippen LogP contribution >= 0.6 is 0 Å². The lowest BCUT2D eigenvalue weighted by atomic mass is 9.93. The second-order valence-electron chi connectivity index (χ2n) is 3.72. The summed E-state index contributed by atoms with van der Waals surface area (Å²) < 4.78 is 0. The van der Waals surface area contributed by atoms with Gasteiger partial charge in [-0.2, -0.15) is 0 Å². The first-order valence-corrected chi connectivity index (χ1v) is 5.17. The van der Waals surface area contributed by atoms with Gasteiger partial charge >= 0.3 is 6.03 Å². The van der Waals surface area contributed by atoms with Crippen LogP contribution in [0.5, 0.6) is 0 Å². The molecule has 0 spiro atoms. The third-order valence-corrected chi connectivity index (χ3v) is 2.71. The van der Waals surface area contributed by atoms with Crippen molar-refractivity contribution in [2.45, 2.75) is 38.6 Å². The zero-order valence-electron chi connectivity index (χ0n) is 8.88. The minimum Gasteiger partial charge on any atom is -0.338 e. The molecule has 80 valence electrons. The Balaban J connectivity index is 2.40. The molecule has 1 fully saturated rings. The van der Waals surface area contributed by atoms with Gasteiger partial charge in [0.1, 0.15) is 5.78 Å². The minimum absolute atomic E-state index is 0.0353. The molecule has 1 aliphatic rings. The molecule has 4 heteroatoms. The van der Waals surface area contributed by atoms with Gasteiger partial charge in [-0.05, 0) is 19.8 Å². The molecule has 0 aliphatic heterocycles. The maximum Gasteiger partial charge on any atom is 0.317 e. The lowest BCUT2D eigenvalue weighted by molar-refractivity contribution is -0.121. The highest BCUT2D eigenvalue weighted by molar-refractivity contribution is 5.80. The lowest BCUT2D eigenvalue weighted by Crippen LogP contribution is -2.45. The summed E-state index contributed by atoms with van der Waals surface area (Å²) in [5.41, 5.74) is 0. The second kappa shape index (κ2) is 4.98. The van der Waals surface area contributed by atoms with Crippen LogP contribution in [0.25, 0.3) is 0 Å². The summed E-state index contributed by atoms with van der Waals surface area (Å²) in [5.74, 6) is 0.325. The number of urea groups is 1. The van der Waals surface area contributed by atoms with E-state index in [4.69, 9.17) is 0 Å². The van der Waals surface area contributed by atoms with Crippen LogP contribution < -0.4 is 5.32 Å². The lowest BCUT2D eigenvalue weighted by Gasteiger charge is -2.30. The van der Waals surface area contributed by atoms with E-state index in [1.807, 2.05) is 6.92 Å². The summed E-state index contributed by atoms with van der Waals surface area (Å²) >= 11 is 0. The molecule has 1 N–H and O–H groups in total. The molecule has 0 saturated heterocycles. The van der Waals surface area contributed by atoms with Crippen molar-refractivity contribution in [3.05, 3.63) is 0 Å². The standard InChI is InChI=1S/C10H18N2O2/c1-3-11-10(14)12(2)8-4-6-9(13)7-5-8/h8H,3-7H2,1-2H3,(H,11,14). The molecule has 0 atom stereocenters. The molecule has 4 nitrogen and oxygen atoms in total. The fourth-order valence-corrected chi connectivity index (χ4v) is 1.75. The normalized spacial score (nSPS) is 18.0. The Kier molecular flexibility index (Phi) is 3.92. The molecule has 0 bridgehead atoms. The Morgan fingerprint density at radius 3 is 2.57 bits per heavy atom. The Bertz CT molecular complexity index is 218. The van der Waals surface area contributed by atoms with Gasteiger partial charge in [0.2, 0.25) is 0 Å². The Morgan fingerprint density at radius 1 is 1.50 bits per heavy atom. The molecule has 0 aromatic rings. The molecule has 2 amide bonds. The molecule has 1 saturated carbocycles. The van der Waals surface area contributed by atoms with E-state index in [0.29, 0.717) is 25.2 Å². The number of rotatable bonds is 2. The number of carbonyl (C=O) groups excluding carboxylic acids is 2. The molecule has 0 heterocycles. The highest BCUT2D eigenvalue weighted by Crippen LogP contribution is 2.19. The van der Waals surface area contributed by atoms with E-state index < -0.39 is 0 Å². The molecular formula is C10H18N2O2. The third-order valence-electron chi connectivity index (χ3n) is 2.71. The van der Waals surface area contributed by atoms with E-state index in [0.717, 1.165) is 12.8 Å². The number of ketones is 1. The van der Waals surface area contributed by atoms with Crippen LogP contribution in [0.3, 0.4) is 0 Å². The van der Waals surface area contributed by atoms with E-state index in [2.05, 4.69) is 5.32 Å². The van der Waals surface area contributed by atoms with Crippen molar-refractivity contribution < 1.29 is 9.59 Å². The molecule has 0 aromatic heterocycles. The summed E-state index contributed by atoms with van der Waals surface area (Å²) in [7, 11) is 1.80. The number of nitrogens with one attached hydrogen (secondary N) is 1. The molecular weight excluding hydrogens is 180 g/mol. The molecule has 0 aromatic carbocycles. The highest BCUT2D eigenvalue weighted by Gasteiger charge is 2.24. The maximum absolute atomic E-state index is 11.5. The topological polar surface area (TPSA) is 49.4 Å². The summed E-state index contributed by atoms with van der Waals surface area (Å²) in [5, 5.41) is 2.76. The third kappa shape index (κ3) is 2.72. The van der Waals surface area contributed by atoms with E-state index >= 15 is 0 Å². The van der Waals surface area contributed by atoms with Crippen molar-refractivity contribution in [2.75, 3.05) is 13.6 Å². The number of nitrogens with zero attached hydrogens (tertiary/aromatic N) is 1. The van der Waals surface area contributed by atoms with Crippen molar-refractivity contribution in [1.82, 2.24) is 10.2 Å². The van der Waals surface area contributed by atoms with Crippen molar-refractivity contribution >= 4 is 11.8 Å². The predicted molar refractivity (Wildman–Crippen MR) is 54.1 cm³/mol. The van der Waals surface area contributed by atoms with Gasteiger partial charge in [0.15, 0.2) is 0 Å². The molecule has 0 radical (unpaired) electrons. The number of Topliss-reactive ketones (excluding diaryl/α,β-unsaturated/α-hetero) is 1. The molecule has 1 aliphatic carbocycles. The first-order valence-electron chi connectivity index (χ1n) is 5.17. The van der Waals surface area contributed by atoms with Crippen molar-refractivity contribution in [3.63, 3.8) is 0 Å². The Hall–Kier alpha value is -1.06. The summed E-state index contributed by atoms with van der Waals surface area (Å²) in [4.78, 5) is 24.2. The molecule has 0 unspecified atom stereocenters. The minimum atomic E-state index is -0.0353. The summed E-state index contributed by atoms with van der Waals surface area (Å²) in [6.07, 6.45) is 2.86. The molecule has 1 rings (SSSR count). The largest absolute Gasteiger partial charge is 0.338 e. The van der Waals surface area contributed by atoms with Gasteiger partial charge in [0.05, 0.1) is 0 Å². The number of amides is 2. The highest BCUT2D eigenvalue weighted by atomic mass is 16.2. The van der Waals surface area contributed by atoms with E-state index in [1.54, 1.807) is 11.9 Å². The quantitative estimate of drug-likeness (QED) is 0.723. The van der Waals surface area contributed by atoms with Crippen LogP contribution in [-0.2, 0) is 4.79 Å².